The zero-order valence-electron chi connectivity index (χ0n) is 20.1. The zero-order valence-corrected chi connectivity index (χ0v) is 20.1. The summed E-state index contributed by atoms with van der Waals surface area (Å²) in [7, 11) is 0. The van der Waals surface area contributed by atoms with Gasteiger partial charge in [-0.15, -0.1) is 0 Å². The number of hydrogen-bond donors (Lipinski definition) is 1. The largest absolute Gasteiger partial charge is 0.351 e. The van der Waals surface area contributed by atoms with Crippen molar-refractivity contribution in [1.82, 2.24) is 24.6 Å². The van der Waals surface area contributed by atoms with Crippen LogP contribution in [0.25, 0.3) is 10.9 Å². The van der Waals surface area contributed by atoms with E-state index < -0.39 is 5.54 Å². The first-order chi connectivity index (χ1) is 16.0. The molecule has 3 aliphatic rings. The van der Waals surface area contributed by atoms with Crippen LogP contribution in [0.1, 0.15) is 50.0 Å². The minimum atomic E-state index is -0.903. The molecule has 0 bridgehead atoms. The van der Waals surface area contributed by atoms with Crippen molar-refractivity contribution in [2.24, 2.45) is 0 Å². The van der Waals surface area contributed by atoms with Crippen LogP contribution in [0.5, 0.6) is 0 Å². The average molecular weight is 452 g/mol. The van der Waals surface area contributed by atoms with E-state index in [0.29, 0.717) is 18.8 Å². The van der Waals surface area contributed by atoms with Gasteiger partial charge in [-0.25, -0.2) is 0 Å². The lowest BCUT2D eigenvalue weighted by atomic mass is 9.94. The first-order valence-corrected chi connectivity index (χ1v) is 12.7. The van der Waals surface area contributed by atoms with Crippen LogP contribution in [-0.4, -0.2) is 88.5 Å². The molecule has 3 heterocycles. The van der Waals surface area contributed by atoms with Crippen molar-refractivity contribution in [3.63, 3.8) is 0 Å². The maximum Gasteiger partial charge on any atom is 0.271 e. The van der Waals surface area contributed by atoms with Crippen LogP contribution in [-0.2, 0) is 11.3 Å². The summed E-state index contributed by atoms with van der Waals surface area (Å²) < 4.78 is 2.06. The van der Waals surface area contributed by atoms with Crippen LogP contribution in [0.3, 0.4) is 0 Å². The summed E-state index contributed by atoms with van der Waals surface area (Å²) in [5.41, 5.74) is 0.814. The molecule has 1 aromatic heterocycles. The fraction of sp³-hybridized carbons (Fsp3) is 0.615. The number of hydrogen-bond acceptors (Lipinski definition) is 4. The average Bonchev–Trinajstić information content (AvgIpc) is 3.47. The summed E-state index contributed by atoms with van der Waals surface area (Å²) in [5.74, 6) is -0.0456. The number of fused-ring (bicyclic) bond motifs is 3. The van der Waals surface area contributed by atoms with Crippen LogP contribution in [0.4, 0.5) is 0 Å². The summed E-state index contributed by atoms with van der Waals surface area (Å²) in [5, 5.41) is 4.35. The lowest BCUT2D eigenvalue weighted by Crippen LogP contribution is -2.65. The first-order valence-electron chi connectivity index (χ1n) is 12.7. The van der Waals surface area contributed by atoms with Crippen molar-refractivity contribution in [3.8, 4) is 0 Å². The van der Waals surface area contributed by atoms with Crippen molar-refractivity contribution in [1.29, 1.82) is 0 Å². The van der Waals surface area contributed by atoms with E-state index in [1.54, 1.807) is 0 Å². The minimum absolute atomic E-state index is 0.0121. The molecule has 1 saturated carbocycles. The smallest absolute Gasteiger partial charge is 0.271 e. The Hall–Kier alpha value is -2.38. The Morgan fingerprint density at radius 3 is 2.48 bits per heavy atom. The van der Waals surface area contributed by atoms with E-state index in [-0.39, 0.29) is 17.9 Å². The van der Waals surface area contributed by atoms with Gasteiger partial charge in [0.25, 0.3) is 5.91 Å². The summed E-state index contributed by atoms with van der Waals surface area (Å²) in [4.78, 5) is 34.3. The maximum absolute atomic E-state index is 13.8. The Balaban J connectivity index is 1.41. The van der Waals surface area contributed by atoms with Crippen molar-refractivity contribution < 1.29 is 9.59 Å². The van der Waals surface area contributed by atoms with Gasteiger partial charge in [0.1, 0.15) is 11.2 Å². The molecule has 2 amide bonds. The molecule has 33 heavy (non-hydrogen) atoms. The highest BCUT2D eigenvalue weighted by molar-refractivity contribution is 6.03. The van der Waals surface area contributed by atoms with Gasteiger partial charge in [-0.05, 0) is 38.4 Å². The number of nitrogens with one attached hydrogen (secondary N) is 1. The standard InChI is InChI=1S/C26H37N5O2/c1-3-28-12-14-29(15-13-28)16-17-31-24(32)23-18-20-8-4-7-11-22(20)30(23)19-26(31,2)25(33)27-21-9-5-6-10-21/h4,7-8,11,18,21H,3,5-6,9-10,12-17,19H2,1-2H3,(H,27,33). The Morgan fingerprint density at radius 1 is 1.06 bits per heavy atom. The molecule has 5 rings (SSSR count). The number of para-hydroxylation sites is 1. The molecular formula is C26H37N5O2. The van der Waals surface area contributed by atoms with Gasteiger partial charge in [0.15, 0.2) is 0 Å². The zero-order chi connectivity index (χ0) is 23.0. The van der Waals surface area contributed by atoms with E-state index in [1.165, 1.54) is 12.8 Å². The number of aromatic nitrogens is 1. The van der Waals surface area contributed by atoms with Gasteiger partial charge in [-0.2, -0.15) is 0 Å². The van der Waals surface area contributed by atoms with Crippen LogP contribution in [0.2, 0.25) is 0 Å². The molecule has 2 aromatic rings. The van der Waals surface area contributed by atoms with Gasteiger partial charge in [0.05, 0.1) is 6.54 Å². The van der Waals surface area contributed by atoms with Crippen molar-refractivity contribution >= 4 is 22.7 Å². The van der Waals surface area contributed by atoms with Crippen LogP contribution in [0, 0.1) is 0 Å². The van der Waals surface area contributed by atoms with E-state index in [1.807, 2.05) is 42.2 Å². The number of benzene rings is 1. The van der Waals surface area contributed by atoms with Crippen LogP contribution < -0.4 is 5.32 Å². The molecule has 1 atom stereocenters. The van der Waals surface area contributed by atoms with Gasteiger partial charge >= 0.3 is 0 Å². The highest BCUT2D eigenvalue weighted by Gasteiger charge is 2.48. The fourth-order valence-corrected chi connectivity index (χ4v) is 5.84. The summed E-state index contributed by atoms with van der Waals surface area (Å²) >= 11 is 0. The predicted molar refractivity (Wildman–Crippen MR) is 130 cm³/mol. The van der Waals surface area contributed by atoms with Crippen molar-refractivity contribution in [2.75, 3.05) is 45.8 Å². The Bertz CT molecular complexity index is 1020. The molecule has 2 aliphatic heterocycles. The summed E-state index contributed by atoms with van der Waals surface area (Å²) in [6.07, 6.45) is 4.41. The number of rotatable bonds is 6. The van der Waals surface area contributed by atoms with E-state index in [0.717, 1.165) is 63.0 Å². The van der Waals surface area contributed by atoms with Gasteiger partial charge in [0.2, 0.25) is 5.91 Å². The number of likely N-dealkylation sites (N-methyl/N-ethyl adjacent to an activating group) is 1. The molecule has 2 fully saturated rings. The number of nitrogens with zero attached hydrogens (tertiary/aromatic N) is 4. The fourth-order valence-electron chi connectivity index (χ4n) is 5.84. The Kier molecular flexibility index (Phi) is 6.18. The molecule has 1 N–H and O–H groups in total. The topological polar surface area (TPSA) is 60.8 Å². The second-order valence-electron chi connectivity index (χ2n) is 10.1. The Morgan fingerprint density at radius 2 is 1.76 bits per heavy atom. The first kappa shape index (κ1) is 22.4. The minimum Gasteiger partial charge on any atom is -0.351 e. The third-order valence-electron chi connectivity index (χ3n) is 8.07. The van der Waals surface area contributed by atoms with Gasteiger partial charge in [-0.1, -0.05) is 38.0 Å². The second-order valence-corrected chi connectivity index (χ2v) is 10.1. The third-order valence-corrected chi connectivity index (χ3v) is 8.07. The van der Waals surface area contributed by atoms with Gasteiger partial charge in [-0.3, -0.25) is 14.5 Å². The molecule has 7 nitrogen and oxygen atoms in total. The number of carbonyl (C=O) groups is 2. The van der Waals surface area contributed by atoms with Gasteiger partial charge < -0.3 is 19.7 Å². The second kappa shape index (κ2) is 9.11. The lowest BCUT2D eigenvalue weighted by molar-refractivity contribution is -0.133. The molecular weight excluding hydrogens is 414 g/mol. The predicted octanol–water partition coefficient (Wildman–Crippen LogP) is 2.55. The van der Waals surface area contributed by atoms with Gasteiger partial charge in [0, 0.05) is 56.2 Å². The van der Waals surface area contributed by atoms with Crippen molar-refractivity contribution in [3.05, 3.63) is 36.0 Å². The molecule has 1 aromatic carbocycles. The number of carbonyl (C=O) groups excluding carboxylic acids is 2. The number of piperazine rings is 1. The summed E-state index contributed by atoms with van der Waals surface area (Å²) in [6, 6.07) is 10.3. The normalized spacial score (nSPS) is 25.0. The molecule has 0 spiro atoms. The molecule has 178 valence electrons. The summed E-state index contributed by atoms with van der Waals surface area (Å²) in [6.45, 7) is 11.3. The lowest BCUT2D eigenvalue weighted by Gasteiger charge is -2.45. The maximum atomic E-state index is 13.8. The highest BCUT2D eigenvalue weighted by atomic mass is 16.2. The quantitative estimate of drug-likeness (QED) is 0.733. The highest BCUT2D eigenvalue weighted by Crippen LogP contribution is 2.33. The van der Waals surface area contributed by atoms with Crippen molar-refractivity contribution in [2.45, 2.75) is 57.7 Å². The van der Waals surface area contributed by atoms with E-state index in [4.69, 9.17) is 0 Å². The van der Waals surface area contributed by atoms with Crippen LogP contribution in [0.15, 0.2) is 30.3 Å². The molecule has 1 saturated heterocycles. The van der Waals surface area contributed by atoms with E-state index in [9.17, 15) is 9.59 Å². The van der Waals surface area contributed by atoms with E-state index in [2.05, 4.69) is 26.6 Å². The number of amides is 2. The SMILES string of the molecule is CCN1CCN(CCN2C(=O)c3cc4ccccc4n3CC2(C)C(=O)NC2CCCC2)CC1. The van der Waals surface area contributed by atoms with E-state index >= 15 is 0 Å². The molecule has 7 heteroatoms. The molecule has 1 aliphatic carbocycles. The van der Waals surface area contributed by atoms with Crippen LogP contribution >= 0.6 is 0 Å². The Labute approximate surface area is 196 Å². The molecule has 1 unspecified atom stereocenters. The monoisotopic (exact) mass is 451 g/mol. The third kappa shape index (κ3) is 4.17. The molecule has 0 radical (unpaired) electrons.